The first kappa shape index (κ1) is 33.4. The smallest absolute Gasteiger partial charge is 0.327 e. The first-order valence-corrected chi connectivity index (χ1v) is 17.6. The van der Waals surface area contributed by atoms with Gasteiger partial charge in [-0.2, -0.15) is 0 Å². The number of anilines is 1. The van der Waals surface area contributed by atoms with E-state index in [1.807, 2.05) is 6.20 Å². The highest BCUT2D eigenvalue weighted by atomic mass is 127. The maximum absolute atomic E-state index is 14.0. The number of allylic oxidation sites excluding steroid dienone is 2. The van der Waals surface area contributed by atoms with E-state index in [2.05, 4.69) is 25.8 Å². The van der Waals surface area contributed by atoms with Gasteiger partial charge in [-0.1, -0.05) is 23.2 Å². The predicted octanol–water partition coefficient (Wildman–Crippen LogP) is 8.07. The van der Waals surface area contributed by atoms with E-state index >= 15 is 0 Å². The van der Waals surface area contributed by atoms with E-state index in [-0.39, 0.29) is 18.7 Å². The van der Waals surface area contributed by atoms with Gasteiger partial charge < -0.3 is 4.74 Å². The molecule has 14 heteroatoms. The molecule has 1 atom stereocenters. The van der Waals surface area contributed by atoms with Crippen LogP contribution in [0, 0.1) is 3.57 Å². The van der Waals surface area contributed by atoms with Crippen molar-refractivity contribution in [3.05, 3.63) is 73.4 Å². The number of hydrogen-bond donors (Lipinski definition) is 0. The SMILES string of the molecule is CC(C)(C)OC(=O)CN(c1ccc2c(c1)c(I)cn2C1=NI=CC(C(C)(F)F)=C1)S(=O)OCCc1cc(Cl)cc(Cl)c1. The van der Waals surface area contributed by atoms with Crippen LogP contribution in [0.25, 0.3) is 10.9 Å². The Bertz CT molecular complexity index is 1610. The molecule has 0 N–H and O–H groups in total. The van der Waals surface area contributed by atoms with Gasteiger partial charge in [-0.15, -0.1) is 0 Å². The van der Waals surface area contributed by atoms with Crippen molar-refractivity contribution in [2.45, 2.75) is 45.6 Å². The first-order valence-electron chi connectivity index (χ1n) is 12.5. The molecule has 1 aliphatic heterocycles. The van der Waals surface area contributed by atoms with Crippen LogP contribution in [0.5, 0.6) is 0 Å². The molecule has 2 aromatic carbocycles. The quantitative estimate of drug-likeness (QED) is 0.161. The Labute approximate surface area is 279 Å². The van der Waals surface area contributed by atoms with Crippen LogP contribution in [0.3, 0.4) is 0 Å². The van der Waals surface area contributed by atoms with Crippen LogP contribution in [-0.2, 0) is 31.4 Å². The van der Waals surface area contributed by atoms with Crippen molar-refractivity contribution in [1.29, 1.82) is 0 Å². The summed E-state index contributed by atoms with van der Waals surface area (Å²) in [5.74, 6) is -3.11. The lowest BCUT2D eigenvalue weighted by Crippen LogP contribution is -2.37. The van der Waals surface area contributed by atoms with Gasteiger partial charge in [-0.05, 0) is 102 Å². The second-order valence-corrected chi connectivity index (χ2v) is 15.2. The molecule has 0 aliphatic carbocycles. The maximum Gasteiger partial charge on any atom is 0.327 e. The molecule has 1 aliphatic rings. The summed E-state index contributed by atoms with van der Waals surface area (Å²) in [6.45, 7) is 5.85. The molecule has 2 heterocycles. The minimum atomic E-state index is -2.96. The molecular formula is C28H27Cl2F2I2N3O4S. The molecule has 0 fully saturated rings. The number of ether oxygens (including phenoxy) is 1. The molecule has 3 aromatic rings. The van der Waals surface area contributed by atoms with Crippen LogP contribution in [0.4, 0.5) is 14.5 Å². The van der Waals surface area contributed by atoms with E-state index in [4.69, 9.17) is 32.1 Å². The lowest BCUT2D eigenvalue weighted by Gasteiger charge is -2.25. The molecular weight excluding hydrogens is 837 g/mol. The Morgan fingerprint density at radius 1 is 1.14 bits per heavy atom. The lowest BCUT2D eigenvalue weighted by molar-refractivity contribution is -0.152. The summed E-state index contributed by atoms with van der Waals surface area (Å²) in [6.07, 6.45) is 3.60. The fourth-order valence-electron chi connectivity index (χ4n) is 3.95. The summed E-state index contributed by atoms with van der Waals surface area (Å²) < 4.78 is 62.5. The van der Waals surface area contributed by atoms with Crippen molar-refractivity contribution in [2.75, 3.05) is 17.5 Å². The minimum Gasteiger partial charge on any atom is -0.459 e. The summed E-state index contributed by atoms with van der Waals surface area (Å²) in [4.78, 5) is 12.8. The number of carbonyl (C=O) groups is 1. The summed E-state index contributed by atoms with van der Waals surface area (Å²) in [5.41, 5.74) is 1.20. The van der Waals surface area contributed by atoms with E-state index in [9.17, 15) is 17.8 Å². The third-order valence-corrected chi connectivity index (χ3v) is 9.82. The van der Waals surface area contributed by atoms with Gasteiger partial charge in [-0.3, -0.25) is 17.8 Å². The van der Waals surface area contributed by atoms with Crippen LogP contribution in [0.15, 0.2) is 57.4 Å². The molecule has 0 bridgehead atoms. The van der Waals surface area contributed by atoms with Crippen LogP contribution >= 0.6 is 66.8 Å². The van der Waals surface area contributed by atoms with E-state index < -0.39 is 49.8 Å². The molecule has 1 aromatic heterocycles. The fourth-order valence-corrected chi connectivity index (χ4v) is 7.90. The monoisotopic (exact) mass is 863 g/mol. The van der Waals surface area contributed by atoms with Gasteiger partial charge in [0, 0.05) is 58.7 Å². The topological polar surface area (TPSA) is 73.1 Å². The van der Waals surface area contributed by atoms with E-state index in [1.54, 1.807) is 61.7 Å². The lowest BCUT2D eigenvalue weighted by atomic mass is 10.1. The van der Waals surface area contributed by atoms with Crippen molar-refractivity contribution >= 4 is 110 Å². The highest BCUT2D eigenvalue weighted by Crippen LogP contribution is 2.32. The van der Waals surface area contributed by atoms with Crippen molar-refractivity contribution in [2.24, 2.45) is 3.21 Å². The number of aromatic nitrogens is 1. The largest absolute Gasteiger partial charge is 0.459 e. The molecule has 1 unspecified atom stereocenters. The Morgan fingerprint density at radius 3 is 2.48 bits per heavy atom. The summed E-state index contributed by atoms with van der Waals surface area (Å²) in [6, 6.07) is 10.4. The average Bonchev–Trinajstić information content (AvgIpc) is 3.21. The highest BCUT2D eigenvalue weighted by molar-refractivity contribution is 14.2. The van der Waals surface area contributed by atoms with E-state index in [1.165, 1.54) is 14.4 Å². The normalized spacial score (nSPS) is 14.7. The molecule has 0 saturated heterocycles. The van der Waals surface area contributed by atoms with E-state index in [0.717, 1.165) is 27.0 Å². The number of halogens is 6. The maximum atomic E-state index is 14.0. The van der Waals surface area contributed by atoms with Crippen molar-refractivity contribution in [3.63, 3.8) is 0 Å². The van der Waals surface area contributed by atoms with Gasteiger partial charge in [0.1, 0.15) is 18.0 Å². The number of hydrogen-bond acceptors (Lipinski definition) is 5. The summed E-state index contributed by atoms with van der Waals surface area (Å²) in [5, 5.41) is 1.73. The molecule has 0 saturated carbocycles. The Hall–Kier alpha value is -1.46. The molecule has 0 radical (unpaired) electrons. The fraction of sp³-hybridized carbons (Fsp3) is 0.321. The standard InChI is InChI=1S/C28H27Cl2F2I2N3O4S/c1-27(2,3)41-26(38)16-37(42(39)40-8-7-17-9-19(29)12-20(30)10-17)21-5-6-24-22(13-21)23(33)15-36(24)25-11-18(14-34-35-25)28(4,31)32/h5-6,9-15H,7-8,16H2,1-4H3. The number of rotatable bonds is 9. The van der Waals surface area contributed by atoms with Gasteiger partial charge in [-0.25, -0.2) is 16.2 Å². The van der Waals surface area contributed by atoms with Crippen molar-refractivity contribution < 1.29 is 26.7 Å². The minimum absolute atomic E-state index is 0.0510. The molecule has 4 rings (SSSR count). The van der Waals surface area contributed by atoms with Crippen LogP contribution in [0.1, 0.15) is 33.3 Å². The third-order valence-electron chi connectivity index (χ3n) is 5.74. The zero-order valence-electron chi connectivity index (χ0n) is 23.0. The zero-order valence-corrected chi connectivity index (χ0v) is 29.6. The number of fused-ring (bicyclic) bond motifs is 1. The number of nitrogens with zero attached hydrogens (tertiary/aromatic N) is 3. The average molecular weight is 864 g/mol. The molecule has 7 nitrogen and oxygen atoms in total. The van der Waals surface area contributed by atoms with Crippen LogP contribution in [0.2, 0.25) is 10.0 Å². The molecule has 226 valence electrons. The molecule has 0 amide bonds. The van der Waals surface area contributed by atoms with Crippen LogP contribution in [-0.4, -0.2) is 49.3 Å². The van der Waals surface area contributed by atoms with Gasteiger partial charge in [0.05, 0.1) is 17.8 Å². The zero-order chi connectivity index (χ0) is 30.8. The number of benzene rings is 2. The molecule has 42 heavy (non-hydrogen) atoms. The molecule has 0 spiro atoms. The van der Waals surface area contributed by atoms with Gasteiger partial charge in [0.15, 0.2) is 0 Å². The van der Waals surface area contributed by atoms with Crippen molar-refractivity contribution in [3.8, 4) is 0 Å². The second-order valence-electron chi connectivity index (χ2n) is 10.4. The number of alkyl halides is 2. The van der Waals surface area contributed by atoms with Crippen molar-refractivity contribution in [1.82, 2.24) is 4.57 Å². The van der Waals surface area contributed by atoms with E-state index in [0.29, 0.717) is 28.0 Å². The van der Waals surface area contributed by atoms with Gasteiger partial charge in [0.2, 0.25) is 0 Å². The Balaban J connectivity index is 1.63. The van der Waals surface area contributed by atoms with Gasteiger partial charge in [0.25, 0.3) is 17.2 Å². The highest BCUT2D eigenvalue weighted by Gasteiger charge is 2.28. The predicted molar refractivity (Wildman–Crippen MR) is 184 cm³/mol. The number of esters is 1. The second kappa shape index (κ2) is 13.7. The van der Waals surface area contributed by atoms with Crippen LogP contribution < -0.4 is 4.31 Å². The Kier molecular flexibility index (Phi) is 10.9. The number of carbonyl (C=O) groups excluding carboxylic acids is 1. The van der Waals surface area contributed by atoms with Gasteiger partial charge >= 0.3 is 5.97 Å². The third kappa shape index (κ3) is 8.80. The summed E-state index contributed by atoms with van der Waals surface area (Å²) in [7, 11) is 0. The summed E-state index contributed by atoms with van der Waals surface area (Å²) >= 11 is 11.3. The first-order chi connectivity index (χ1) is 19.6. The Morgan fingerprint density at radius 2 is 1.83 bits per heavy atom.